The Labute approximate surface area is 240 Å². The van der Waals surface area contributed by atoms with Crippen LogP contribution in [-0.2, 0) is 29.2 Å². The maximum absolute atomic E-state index is 12.6. The molecule has 0 radical (unpaired) electrons. The van der Waals surface area contributed by atoms with E-state index >= 15 is 0 Å². The van der Waals surface area contributed by atoms with Gasteiger partial charge in [-0.1, -0.05) is 89.9 Å². The van der Waals surface area contributed by atoms with Gasteiger partial charge in [0.1, 0.15) is 12.4 Å². The summed E-state index contributed by atoms with van der Waals surface area (Å²) in [5.74, 6) is 0.147. The van der Waals surface area contributed by atoms with Gasteiger partial charge in [-0.05, 0) is 46.4 Å². The number of hydrogen-bond donors (Lipinski definition) is 1. The summed E-state index contributed by atoms with van der Waals surface area (Å²) >= 11 is 12.6. The zero-order valence-electron chi connectivity index (χ0n) is 21.1. The van der Waals surface area contributed by atoms with Gasteiger partial charge in [-0.2, -0.15) is 0 Å². The van der Waals surface area contributed by atoms with Gasteiger partial charge in [-0.15, -0.1) is 0 Å². The minimum Gasteiger partial charge on any atom is -0.485 e. The van der Waals surface area contributed by atoms with Crippen LogP contribution >= 0.6 is 23.2 Å². The summed E-state index contributed by atoms with van der Waals surface area (Å²) in [6.45, 7) is 0.0633. The van der Waals surface area contributed by atoms with E-state index in [1.165, 1.54) is 0 Å². The molecular weight excluding hydrogens is 553 g/mol. The van der Waals surface area contributed by atoms with Gasteiger partial charge in [0, 0.05) is 16.4 Å². The van der Waals surface area contributed by atoms with E-state index in [9.17, 15) is 10.0 Å². The number of esters is 1. The largest absolute Gasteiger partial charge is 0.485 e. The number of carbonyl (C=O) groups excluding carboxylic acids is 1. The highest BCUT2D eigenvalue weighted by Crippen LogP contribution is 2.33. The lowest BCUT2D eigenvalue weighted by atomic mass is 10.1. The van der Waals surface area contributed by atoms with E-state index < -0.39 is 0 Å². The Bertz CT molecular complexity index is 1590. The number of rotatable bonds is 10. The SMILES string of the molecule is O=C(Cc1ccccc1Nc1c(Cl)cccc1Cl)OCc1ccc(OCc2c(-c3ccccc3)no[n+]2[O-])cc1. The standard InChI is InChI=1S/C30H23Cl2N3O5/c31-24-10-6-11-25(32)30(24)33-26-12-5-4-9-22(26)17-28(36)39-18-20-13-15-23(16-14-20)38-19-27-29(34-40-35(27)37)21-7-2-1-3-8-21/h1-16,33H,17-19H2. The van der Waals surface area contributed by atoms with Crippen molar-refractivity contribution in [1.29, 1.82) is 0 Å². The first-order valence-electron chi connectivity index (χ1n) is 12.3. The van der Waals surface area contributed by atoms with Gasteiger partial charge in [-0.25, -0.2) is 0 Å². The number of nitrogens with zero attached hydrogens (tertiary/aromatic N) is 2. The van der Waals surface area contributed by atoms with E-state index in [0.717, 1.165) is 16.7 Å². The molecule has 0 aliphatic carbocycles. The van der Waals surface area contributed by atoms with Crippen LogP contribution in [0.25, 0.3) is 11.3 Å². The lowest BCUT2D eigenvalue weighted by Gasteiger charge is -2.14. The third kappa shape index (κ3) is 6.54. The van der Waals surface area contributed by atoms with Crippen molar-refractivity contribution < 1.29 is 23.8 Å². The van der Waals surface area contributed by atoms with Crippen molar-refractivity contribution in [1.82, 2.24) is 5.16 Å². The van der Waals surface area contributed by atoms with E-state index in [4.69, 9.17) is 37.3 Å². The fourth-order valence-corrected chi connectivity index (χ4v) is 4.45. The molecule has 0 aliphatic rings. The van der Waals surface area contributed by atoms with Crippen molar-refractivity contribution in [2.75, 3.05) is 5.32 Å². The summed E-state index contributed by atoms with van der Waals surface area (Å²) in [7, 11) is 0. The molecule has 10 heteroatoms. The lowest BCUT2D eigenvalue weighted by Crippen LogP contribution is -2.29. The van der Waals surface area contributed by atoms with Crippen molar-refractivity contribution in [3.05, 3.63) is 129 Å². The van der Waals surface area contributed by atoms with Crippen molar-refractivity contribution in [3.8, 4) is 17.0 Å². The lowest BCUT2D eigenvalue weighted by molar-refractivity contribution is -0.808. The first-order chi connectivity index (χ1) is 19.5. The minimum atomic E-state index is -0.388. The highest BCUT2D eigenvalue weighted by Gasteiger charge is 2.21. The van der Waals surface area contributed by atoms with Crippen LogP contribution in [0.4, 0.5) is 11.4 Å². The summed E-state index contributed by atoms with van der Waals surface area (Å²) in [5, 5.41) is 20.1. The molecule has 1 heterocycles. The molecule has 0 spiro atoms. The summed E-state index contributed by atoms with van der Waals surface area (Å²) in [5.41, 5.74) is 4.23. The predicted molar refractivity (Wildman–Crippen MR) is 151 cm³/mol. The smallest absolute Gasteiger partial charge is 0.310 e. The molecule has 202 valence electrons. The number of halogens is 2. The predicted octanol–water partition coefficient (Wildman–Crippen LogP) is 6.89. The third-order valence-electron chi connectivity index (χ3n) is 6.02. The molecule has 0 bridgehead atoms. The van der Waals surface area contributed by atoms with Crippen LogP contribution in [-0.4, -0.2) is 11.1 Å². The summed E-state index contributed by atoms with van der Waals surface area (Å²) in [6, 6.07) is 28.9. The quantitative estimate of drug-likeness (QED) is 0.143. The fourth-order valence-electron chi connectivity index (χ4n) is 3.96. The normalized spacial score (nSPS) is 10.8. The average Bonchev–Trinajstić information content (AvgIpc) is 3.34. The Morgan fingerprint density at radius 2 is 1.57 bits per heavy atom. The number of hydrogen-bond acceptors (Lipinski definition) is 7. The molecule has 0 unspecified atom stereocenters. The molecular formula is C30H23Cl2N3O5. The second-order valence-corrected chi connectivity index (χ2v) is 9.55. The molecule has 40 heavy (non-hydrogen) atoms. The van der Waals surface area contributed by atoms with E-state index in [2.05, 4.69) is 10.5 Å². The highest BCUT2D eigenvalue weighted by atomic mass is 35.5. The van der Waals surface area contributed by atoms with Crippen LogP contribution in [0.1, 0.15) is 16.8 Å². The van der Waals surface area contributed by atoms with Crippen molar-refractivity contribution in [3.63, 3.8) is 0 Å². The van der Waals surface area contributed by atoms with Crippen LogP contribution in [0, 0.1) is 5.21 Å². The number of benzene rings is 4. The number of nitrogens with one attached hydrogen (secondary N) is 1. The number of anilines is 2. The Morgan fingerprint density at radius 1 is 0.875 bits per heavy atom. The van der Waals surface area contributed by atoms with Crippen molar-refractivity contribution in [2.24, 2.45) is 0 Å². The van der Waals surface area contributed by atoms with Gasteiger partial charge < -0.3 is 20.0 Å². The van der Waals surface area contributed by atoms with E-state index in [1.807, 2.05) is 54.6 Å². The van der Waals surface area contributed by atoms with Crippen LogP contribution in [0.5, 0.6) is 5.75 Å². The van der Waals surface area contributed by atoms with Crippen LogP contribution in [0.2, 0.25) is 10.0 Å². The van der Waals surface area contributed by atoms with Crippen molar-refractivity contribution >= 4 is 40.5 Å². The topological polar surface area (TPSA) is 101 Å². The molecule has 1 N–H and O–H groups in total. The highest BCUT2D eigenvalue weighted by molar-refractivity contribution is 6.39. The molecule has 0 amide bonds. The molecule has 4 aromatic carbocycles. The third-order valence-corrected chi connectivity index (χ3v) is 6.65. The molecule has 5 aromatic rings. The number of aromatic nitrogens is 2. The number of para-hydroxylation sites is 2. The Hall–Kier alpha value is -4.53. The molecule has 0 aliphatic heterocycles. The van der Waals surface area contributed by atoms with Gasteiger partial charge in [0.05, 0.1) is 22.2 Å². The van der Waals surface area contributed by atoms with Crippen LogP contribution < -0.4 is 15.0 Å². The maximum Gasteiger partial charge on any atom is 0.310 e. The maximum atomic E-state index is 12.6. The molecule has 0 saturated heterocycles. The summed E-state index contributed by atoms with van der Waals surface area (Å²) < 4.78 is 16.0. The van der Waals surface area contributed by atoms with Gasteiger partial charge in [0.2, 0.25) is 5.69 Å². The summed E-state index contributed by atoms with van der Waals surface area (Å²) in [4.78, 5) is 13.0. The Morgan fingerprint density at radius 3 is 2.33 bits per heavy atom. The average molecular weight is 576 g/mol. The summed E-state index contributed by atoms with van der Waals surface area (Å²) in [6.07, 6.45) is 0.0596. The van der Waals surface area contributed by atoms with Crippen LogP contribution in [0.15, 0.2) is 102 Å². The van der Waals surface area contributed by atoms with Gasteiger partial charge in [0.25, 0.3) is 5.69 Å². The first-order valence-corrected chi connectivity index (χ1v) is 13.0. The van der Waals surface area contributed by atoms with E-state index in [-0.39, 0.29) is 31.3 Å². The molecule has 8 nitrogen and oxygen atoms in total. The van der Waals surface area contributed by atoms with Crippen molar-refractivity contribution in [2.45, 2.75) is 19.6 Å². The molecule has 5 rings (SSSR count). The molecule has 0 saturated carbocycles. The second kappa shape index (κ2) is 12.5. The zero-order valence-corrected chi connectivity index (χ0v) is 22.6. The number of carbonyl (C=O) groups is 1. The Balaban J connectivity index is 1.16. The van der Waals surface area contributed by atoms with Gasteiger partial charge >= 0.3 is 5.97 Å². The zero-order chi connectivity index (χ0) is 27.9. The Kier molecular flexibility index (Phi) is 8.49. The van der Waals surface area contributed by atoms with E-state index in [1.54, 1.807) is 42.5 Å². The monoisotopic (exact) mass is 575 g/mol. The fraction of sp³-hybridized carbons (Fsp3) is 0.100. The molecule has 0 atom stereocenters. The molecule has 0 fully saturated rings. The minimum absolute atomic E-state index is 0.0294. The van der Waals surface area contributed by atoms with Crippen LogP contribution in [0.3, 0.4) is 0 Å². The molecule has 1 aromatic heterocycles. The number of ether oxygens (including phenoxy) is 2. The van der Waals surface area contributed by atoms with Gasteiger partial charge in [-0.3, -0.25) is 9.42 Å². The van der Waals surface area contributed by atoms with Gasteiger partial charge in [0.15, 0.2) is 6.61 Å². The first kappa shape index (κ1) is 27.1. The second-order valence-electron chi connectivity index (χ2n) is 8.74. The van der Waals surface area contributed by atoms with E-state index in [0.29, 0.717) is 37.8 Å².